The van der Waals surface area contributed by atoms with Gasteiger partial charge in [0, 0.05) is 30.8 Å². The molecule has 0 bridgehead atoms. The number of halogens is 2. The van der Waals surface area contributed by atoms with Crippen LogP contribution in [0, 0.1) is 0 Å². The molecule has 3 nitrogen and oxygen atoms in total. The third-order valence-electron chi connectivity index (χ3n) is 3.30. The molecule has 1 N–H and O–H groups in total. The van der Waals surface area contributed by atoms with Gasteiger partial charge in [-0.1, -0.05) is 41.9 Å². The Morgan fingerprint density at radius 1 is 1.04 bits per heavy atom. The van der Waals surface area contributed by atoms with Crippen LogP contribution < -0.4 is 10.1 Å². The van der Waals surface area contributed by atoms with Crippen molar-refractivity contribution in [1.82, 2.24) is 5.32 Å². The molecule has 0 heterocycles. The molecule has 23 heavy (non-hydrogen) atoms. The molecule has 2 aromatic rings. The highest BCUT2D eigenvalue weighted by Crippen LogP contribution is 2.19. The Morgan fingerprint density at radius 3 is 2.52 bits per heavy atom. The van der Waals surface area contributed by atoms with E-state index in [1.54, 1.807) is 7.11 Å². The van der Waals surface area contributed by atoms with Crippen molar-refractivity contribution < 1.29 is 9.47 Å². The number of methoxy groups -OCH3 is 1. The van der Waals surface area contributed by atoms with Gasteiger partial charge in [0.1, 0.15) is 12.4 Å². The van der Waals surface area contributed by atoms with Crippen LogP contribution in [-0.2, 0) is 17.9 Å². The average molecular weight is 356 g/mol. The van der Waals surface area contributed by atoms with Gasteiger partial charge in [-0.05, 0) is 36.7 Å². The van der Waals surface area contributed by atoms with Crippen molar-refractivity contribution in [2.45, 2.75) is 19.6 Å². The molecule has 0 fully saturated rings. The summed E-state index contributed by atoms with van der Waals surface area (Å²) in [5.41, 5.74) is 2.26. The highest BCUT2D eigenvalue weighted by atomic mass is 35.5. The van der Waals surface area contributed by atoms with Crippen molar-refractivity contribution in [2.24, 2.45) is 0 Å². The monoisotopic (exact) mass is 355 g/mol. The Morgan fingerprint density at radius 2 is 1.78 bits per heavy atom. The minimum Gasteiger partial charge on any atom is -0.489 e. The Balaban J connectivity index is 0.00000264. The SMILES string of the molecule is COCCCNCc1ccccc1OCc1ccc(Cl)cc1.Cl. The fourth-order valence-electron chi connectivity index (χ4n) is 2.10. The zero-order valence-corrected chi connectivity index (χ0v) is 14.8. The van der Waals surface area contributed by atoms with Crippen molar-refractivity contribution in [1.29, 1.82) is 0 Å². The second kappa shape index (κ2) is 11.3. The molecule has 0 atom stereocenters. The second-order valence-electron chi connectivity index (χ2n) is 5.05. The van der Waals surface area contributed by atoms with E-state index in [2.05, 4.69) is 11.4 Å². The van der Waals surface area contributed by atoms with Crippen molar-refractivity contribution in [3.05, 3.63) is 64.7 Å². The number of benzene rings is 2. The first kappa shape index (κ1) is 19.8. The summed E-state index contributed by atoms with van der Waals surface area (Å²) in [6.07, 6.45) is 1.00. The molecule has 0 saturated carbocycles. The maximum Gasteiger partial charge on any atom is 0.124 e. The van der Waals surface area contributed by atoms with E-state index < -0.39 is 0 Å². The lowest BCUT2D eigenvalue weighted by Crippen LogP contribution is -2.16. The number of rotatable bonds is 9. The minimum absolute atomic E-state index is 0. The molecule has 0 spiro atoms. The fraction of sp³-hybridized carbons (Fsp3) is 0.333. The van der Waals surface area contributed by atoms with E-state index in [9.17, 15) is 0 Å². The molecular weight excluding hydrogens is 333 g/mol. The predicted octanol–water partition coefficient (Wildman–Crippen LogP) is 4.47. The van der Waals surface area contributed by atoms with Crippen molar-refractivity contribution in [3.63, 3.8) is 0 Å². The average Bonchev–Trinajstić information content (AvgIpc) is 2.55. The summed E-state index contributed by atoms with van der Waals surface area (Å²) in [4.78, 5) is 0. The molecule has 2 aromatic carbocycles. The van der Waals surface area contributed by atoms with Gasteiger partial charge in [-0.2, -0.15) is 0 Å². The first-order valence-electron chi connectivity index (χ1n) is 7.44. The zero-order valence-electron chi connectivity index (χ0n) is 13.3. The van der Waals surface area contributed by atoms with E-state index in [-0.39, 0.29) is 12.4 Å². The molecule has 0 radical (unpaired) electrons. The van der Waals surface area contributed by atoms with E-state index in [4.69, 9.17) is 21.1 Å². The molecule has 0 aliphatic heterocycles. The molecular formula is C18H23Cl2NO2. The van der Waals surface area contributed by atoms with Crippen LogP contribution in [0.4, 0.5) is 0 Å². The molecule has 0 aliphatic carbocycles. The van der Waals surface area contributed by atoms with Crippen molar-refractivity contribution in [2.75, 3.05) is 20.3 Å². The summed E-state index contributed by atoms with van der Waals surface area (Å²) in [6, 6.07) is 15.8. The van der Waals surface area contributed by atoms with E-state index >= 15 is 0 Å². The van der Waals surface area contributed by atoms with Gasteiger partial charge in [0.2, 0.25) is 0 Å². The maximum absolute atomic E-state index is 5.93. The standard InChI is InChI=1S/C18H22ClNO2.ClH/c1-21-12-4-11-20-13-16-5-2-3-6-18(16)22-14-15-7-9-17(19)10-8-15;/h2-3,5-10,20H,4,11-14H2,1H3;1H. The molecule has 0 unspecified atom stereocenters. The first-order chi connectivity index (χ1) is 10.8. The maximum atomic E-state index is 5.93. The summed E-state index contributed by atoms with van der Waals surface area (Å²) in [5.74, 6) is 0.914. The van der Waals surface area contributed by atoms with Crippen LogP contribution in [0.25, 0.3) is 0 Å². The van der Waals surface area contributed by atoms with Gasteiger partial charge in [0.25, 0.3) is 0 Å². The predicted molar refractivity (Wildman–Crippen MR) is 97.7 cm³/mol. The largest absolute Gasteiger partial charge is 0.489 e. The number of para-hydroxylation sites is 1. The number of hydrogen-bond acceptors (Lipinski definition) is 3. The van der Waals surface area contributed by atoms with Gasteiger partial charge in [-0.3, -0.25) is 0 Å². The Labute approximate surface area is 149 Å². The van der Waals surface area contributed by atoms with E-state index in [1.807, 2.05) is 42.5 Å². The van der Waals surface area contributed by atoms with Gasteiger partial charge in [0.15, 0.2) is 0 Å². The van der Waals surface area contributed by atoms with Crippen LogP contribution in [0.2, 0.25) is 5.02 Å². The molecule has 0 aliphatic rings. The van der Waals surface area contributed by atoms with Crippen LogP contribution >= 0.6 is 24.0 Å². The van der Waals surface area contributed by atoms with Crippen molar-refractivity contribution >= 4 is 24.0 Å². The highest BCUT2D eigenvalue weighted by molar-refractivity contribution is 6.30. The van der Waals surface area contributed by atoms with Crippen LogP contribution in [-0.4, -0.2) is 20.3 Å². The fourth-order valence-corrected chi connectivity index (χ4v) is 2.22. The molecule has 5 heteroatoms. The lowest BCUT2D eigenvalue weighted by Gasteiger charge is -2.12. The van der Waals surface area contributed by atoms with Gasteiger partial charge >= 0.3 is 0 Å². The minimum atomic E-state index is 0. The molecule has 126 valence electrons. The first-order valence-corrected chi connectivity index (χ1v) is 7.82. The zero-order chi connectivity index (χ0) is 15.6. The number of ether oxygens (including phenoxy) is 2. The van der Waals surface area contributed by atoms with E-state index in [1.165, 1.54) is 0 Å². The summed E-state index contributed by atoms with van der Waals surface area (Å²) in [7, 11) is 1.72. The third-order valence-corrected chi connectivity index (χ3v) is 3.55. The Hall–Kier alpha value is -1.26. The smallest absolute Gasteiger partial charge is 0.124 e. The molecule has 2 rings (SSSR count). The van der Waals surface area contributed by atoms with Gasteiger partial charge < -0.3 is 14.8 Å². The van der Waals surface area contributed by atoms with Gasteiger partial charge in [-0.25, -0.2) is 0 Å². The van der Waals surface area contributed by atoms with E-state index in [0.717, 1.165) is 48.0 Å². The highest BCUT2D eigenvalue weighted by Gasteiger charge is 2.03. The third kappa shape index (κ3) is 7.23. The Bertz CT molecular complexity index is 561. The number of hydrogen-bond donors (Lipinski definition) is 1. The summed E-state index contributed by atoms with van der Waals surface area (Å²) in [6.45, 7) is 3.04. The Kier molecular flexibility index (Phi) is 9.72. The lowest BCUT2D eigenvalue weighted by molar-refractivity contribution is 0.194. The summed E-state index contributed by atoms with van der Waals surface area (Å²) >= 11 is 5.89. The van der Waals surface area contributed by atoms with Gasteiger partial charge in [-0.15, -0.1) is 12.4 Å². The van der Waals surface area contributed by atoms with Gasteiger partial charge in [0.05, 0.1) is 0 Å². The lowest BCUT2D eigenvalue weighted by atomic mass is 10.2. The van der Waals surface area contributed by atoms with Crippen molar-refractivity contribution in [3.8, 4) is 5.75 Å². The molecule has 0 saturated heterocycles. The second-order valence-corrected chi connectivity index (χ2v) is 5.48. The van der Waals surface area contributed by atoms with Crippen LogP contribution in [0.5, 0.6) is 5.75 Å². The van der Waals surface area contributed by atoms with Crippen LogP contribution in [0.15, 0.2) is 48.5 Å². The molecule has 0 aromatic heterocycles. The van der Waals surface area contributed by atoms with Crippen LogP contribution in [0.1, 0.15) is 17.5 Å². The quantitative estimate of drug-likeness (QED) is 0.673. The normalized spacial score (nSPS) is 10.2. The topological polar surface area (TPSA) is 30.5 Å². The number of nitrogens with one attached hydrogen (secondary N) is 1. The summed E-state index contributed by atoms with van der Waals surface area (Å²) < 4.78 is 11.0. The molecule has 0 amide bonds. The van der Waals surface area contributed by atoms with E-state index in [0.29, 0.717) is 6.61 Å². The summed E-state index contributed by atoms with van der Waals surface area (Å²) in [5, 5.41) is 4.15. The van der Waals surface area contributed by atoms with Crippen LogP contribution in [0.3, 0.4) is 0 Å².